The highest BCUT2D eigenvalue weighted by molar-refractivity contribution is 9.10. The first-order chi connectivity index (χ1) is 8.60. The summed E-state index contributed by atoms with van der Waals surface area (Å²) in [5.74, 6) is -0.0101. The summed E-state index contributed by atoms with van der Waals surface area (Å²) in [5.41, 5.74) is 0.347. The molecule has 2 nitrogen and oxygen atoms in total. The molecule has 0 saturated carbocycles. The standard InChI is InChI=1S/C13H6BrClFNO/c14-9-2-4-13(12(16)5-9)18-10-3-1-8(7-17)11(15)6-10/h1-6H. The Bertz CT molecular complexity index is 639. The Morgan fingerprint density at radius 2 is 2.00 bits per heavy atom. The fourth-order valence-corrected chi connectivity index (χ4v) is 1.88. The molecule has 0 aromatic heterocycles. The fraction of sp³-hybridized carbons (Fsp3) is 0. The average Bonchev–Trinajstić information content (AvgIpc) is 2.33. The van der Waals surface area contributed by atoms with Gasteiger partial charge in [-0.25, -0.2) is 4.39 Å². The van der Waals surface area contributed by atoms with Crippen LogP contribution in [0.3, 0.4) is 0 Å². The number of rotatable bonds is 2. The number of benzene rings is 2. The van der Waals surface area contributed by atoms with Gasteiger partial charge in [-0.05, 0) is 30.3 Å². The van der Waals surface area contributed by atoms with Gasteiger partial charge in [-0.1, -0.05) is 27.5 Å². The summed E-state index contributed by atoms with van der Waals surface area (Å²) >= 11 is 9.02. The third-order valence-electron chi connectivity index (χ3n) is 2.18. The molecule has 0 atom stereocenters. The maximum atomic E-state index is 13.5. The van der Waals surface area contributed by atoms with Gasteiger partial charge < -0.3 is 4.74 Å². The van der Waals surface area contributed by atoms with E-state index in [9.17, 15) is 4.39 Å². The Kier molecular flexibility index (Phi) is 3.85. The lowest BCUT2D eigenvalue weighted by Crippen LogP contribution is -1.89. The van der Waals surface area contributed by atoms with E-state index in [0.29, 0.717) is 15.8 Å². The minimum atomic E-state index is -0.482. The van der Waals surface area contributed by atoms with Crippen LogP contribution < -0.4 is 4.74 Å². The van der Waals surface area contributed by atoms with Crippen molar-refractivity contribution in [3.63, 3.8) is 0 Å². The van der Waals surface area contributed by atoms with Crippen molar-refractivity contribution in [3.8, 4) is 17.6 Å². The van der Waals surface area contributed by atoms with E-state index in [1.165, 1.54) is 24.3 Å². The van der Waals surface area contributed by atoms with Crippen molar-refractivity contribution in [2.45, 2.75) is 0 Å². The first-order valence-corrected chi connectivity index (χ1v) is 6.10. The van der Waals surface area contributed by atoms with E-state index in [-0.39, 0.29) is 10.8 Å². The van der Waals surface area contributed by atoms with Gasteiger partial charge in [-0.2, -0.15) is 5.26 Å². The second kappa shape index (κ2) is 5.38. The highest BCUT2D eigenvalue weighted by Gasteiger charge is 2.07. The van der Waals surface area contributed by atoms with Crippen molar-refractivity contribution in [1.82, 2.24) is 0 Å². The first kappa shape index (κ1) is 12.9. The molecule has 2 aromatic carbocycles. The van der Waals surface area contributed by atoms with E-state index < -0.39 is 5.82 Å². The lowest BCUT2D eigenvalue weighted by molar-refractivity contribution is 0.442. The predicted octanol–water partition coefficient (Wildman–Crippen LogP) is 4.91. The second-order valence-electron chi connectivity index (χ2n) is 3.43. The minimum Gasteiger partial charge on any atom is -0.454 e. The van der Waals surface area contributed by atoms with E-state index in [2.05, 4.69) is 15.9 Å². The van der Waals surface area contributed by atoms with Crippen LogP contribution in [0.25, 0.3) is 0 Å². The Labute approximate surface area is 117 Å². The van der Waals surface area contributed by atoms with Crippen LogP contribution in [0.1, 0.15) is 5.56 Å². The lowest BCUT2D eigenvalue weighted by atomic mass is 10.2. The zero-order valence-corrected chi connectivity index (χ0v) is 11.3. The summed E-state index contributed by atoms with van der Waals surface area (Å²) in [4.78, 5) is 0. The molecule has 0 aliphatic heterocycles. The van der Waals surface area contributed by atoms with Gasteiger partial charge in [0.05, 0.1) is 10.6 Å². The van der Waals surface area contributed by atoms with Crippen molar-refractivity contribution >= 4 is 27.5 Å². The molecule has 0 amide bonds. The molecule has 0 radical (unpaired) electrons. The normalized spacial score (nSPS) is 9.89. The summed E-state index contributed by atoms with van der Waals surface area (Å²) in [7, 11) is 0. The Hall–Kier alpha value is -1.57. The maximum Gasteiger partial charge on any atom is 0.166 e. The van der Waals surface area contributed by atoms with Crippen molar-refractivity contribution in [1.29, 1.82) is 5.26 Å². The highest BCUT2D eigenvalue weighted by atomic mass is 79.9. The summed E-state index contributed by atoms with van der Waals surface area (Å²) in [6.45, 7) is 0. The van der Waals surface area contributed by atoms with E-state index in [1.807, 2.05) is 6.07 Å². The molecule has 5 heteroatoms. The van der Waals surface area contributed by atoms with Gasteiger partial charge in [-0.3, -0.25) is 0 Å². The molecule has 0 unspecified atom stereocenters. The van der Waals surface area contributed by atoms with E-state index in [0.717, 1.165) is 0 Å². The number of hydrogen-bond acceptors (Lipinski definition) is 2. The zero-order valence-electron chi connectivity index (χ0n) is 8.95. The first-order valence-electron chi connectivity index (χ1n) is 4.92. The van der Waals surface area contributed by atoms with Gasteiger partial charge in [0, 0.05) is 10.5 Å². The van der Waals surface area contributed by atoms with Gasteiger partial charge in [0.15, 0.2) is 11.6 Å². The molecule has 0 aliphatic carbocycles. The van der Waals surface area contributed by atoms with Gasteiger partial charge in [-0.15, -0.1) is 0 Å². The molecule has 2 aromatic rings. The third-order valence-corrected chi connectivity index (χ3v) is 2.99. The molecule has 0 aliphatic rings. The molecule has 0 N–H and O–H groups in total. The monoisotopic (exact) mass is 325 g/mol. The lowest BCUT2D eigenvalue weighted by Gasteiger charge is -2.07. The quantitative estimate of drug-likeness (QED) is 0.786. The van der Waals surface area contributed by atoms with E-state index in [4.69, 9.17) is 21.6 Å². The summed E-state index contributed by atoms with van der Waals surface area (Å²) in [5, 5.41) is 9.00. The van der Waals surface area contributed by atoms with Gasteiger partial charge in [0.2, 0.25) is 0 Å². The molecular formula is C13H6BrClFNO. The van der Waals surface area contributed by atoms with Crippen LogP contribution in [0.5, 0.6) is 11.5 Å². The van der Waals surface area contributed by atoms with Crippen LogP contribution in [0.15, 0.2) is 40.9 Å². The van der Waals surface area contributed by atoms with Gasteiger partial charge >= 0.3 is 0 Å². The van der Waals surface area contributed by atoms with Crippen LogP contribution in [0, 0.1) is 17.1 Å². The van der Waals surface area contributed by atoms with Crippen LogP contribution in [0.4, 0.5) is 4.39 Å². The van der Waals surface area contributed by atoms with Gasteiger partial charge in [0.25, 0.3) is 0 Å². The van der Waals surface area contributed by atoms with Crippen molar-refractivity contribution < 1.29 is 9.13 Å². The molecule has 2 rings (SSSR count). The van der Waals surface area contributed by atoms with E-state index in [1.54, 1.807) is 12.1 Å². The van der Waals surface area contributed by atoms with Crippen molar-refractivity contribution in [2.24, 2.45) is 0 Å². The summed E-state index contributed by atoms with van der Waals surface area (Å²) in [6.07, 6.45) is 0. The number of hydrogen-bond donors (Lipinski definition) is 0. The smallest absolute Gasteiger partial charge is 0.166 e. The Morgan fingerprint density at radius 3 is 2.61 bits per heavy atom. The molecule has 0 spiro atoms. The van der Waals surface area contributed by atoms with Crippen molar-refractivity contribution in [2.75, 3.05) is 0 Å². The summed E-state index contributed by atoms with van der Waals surface area (Å²) < 4.78 is 19.5. The summed E-state index contributed by atoms with van der Waals surface area (Å²) in [6, 6.07) is 11.0. The topological polar surface area (TPSA) is 33.0 Å². The van der Waals surface area contributed by atoms with Crippen LogP contribution in [0.2, 0.25) is 5.02 Å². The second-order valence-corrected chi connectivity index (χ2v) is 4.75. The van der Waals surface area contributed by atoms with Crippen LogP contribution in [-0.2, 0) is 0 Å². The molecular weight excluding hydrogens is 321 g/mol. The number of ether oxygens (including phenoxy) is 1. The van der Waals surface area contributed by atoms with Crippen LogP contribution in [-0.4, -0.2) is 0 Å². The minimum absolute atomic E-state index is 0.0963. The Balaban J connectivity index is 2.29. The molecule has 0 fully saturated rings. The average molecular weight is 327 g/mol. The largest absolute Gasteiger partial charge is 0.454 e. The number of nitrogens with zero attached hydrogens (tertiary/aromatic N) is 1. The predicted molar refractivity (Wildman–Crippen MR) is 70.3 cm³/mol. The third kappa shape index (κ3) is 2.81. The highest BCUT2D eigenvalue weighted by Crippen LogP contribution is 2.29. The van der Waals surface area contributed by atoms with Crippen LogP contribution >= 0.6 is 27.5 Å². The number of halogens is 3. The van der Waals surface area contributed by atoms with E-state index >= 15 is 0 Å². The molecule has 0 bridgehead atoms. The molecule has 18 heavy (non-hydrogen) atoms. The SMILES string of the molecule is N#Cc1ccc(Oc2ccc(Br)cc2F)cc1Cl. The Morgan fingerprint density at radius 1 is 1.22 bits per heavy atom. The number of nitriles is 1. The maximum absolute atomic E-state index is 13.5. The molecule has 0 saturated heterocycles. The zero-order chi connectivity index (χ0) is 13.1. The van der Waals surface area contributed by atoms with Gasteiger partial charge in [0.1, 0.15) is 11.8 Å². The molecule has 0 heterocycles. The fourth-order valence-electron chi connectivity index (χ4n) is 1.33. The molecule has 90 valence electrons. The van der Waals surface area contributed by atoms with Crippen molar-refractivity contribution in [3.05, 3.63) is 57.3 Å².